The minimum absolute atomic E-state index is 0.249. The Kier molecular flexibility index (Phi) is 4.47. The van der Waals surface area contributed by atoms with Crippen LogP contribution in [0.3, 0.4) is 0 Å². The molecule has 0 atom stereocenters. The van der Waals surface area contributed by atoms with E-state index in [0.29, 0.717) is 12.2 Å². The zero-order valence-electron chi connectivity index (χ0n) is 10.8. The minimum Gasteiger partial charge on any atom is -0.378 e. The molecule has 0 unspecified atom stereocenters. The van der Waals surface area contributed by atoms with Gasteiger partial charge in [-0.1, -0.05) is 18.2 Å². The highest BCUT2D eigenvalue weighted by Crippen LogP contribution is 2.32. The topological polar surface area (TPSA) is 21.3 Å². The molecule has 0 amide bonds. The summed E-state index contributed by atoms with van der Waals surface area (Å²) in [5.41, 5.74) is -0.252. The Morgan fingerprint density at radius 3 is 2.58 bits per heavy atom. The van der Waals surface area contributed by atoms with Crippen molar-refractivity contribution in [2.24, 2.45) is 0 Å². The van der Waals surface area contributed by atoms with Gasteiger partial charge < -0.3 is 10.1 Å². The summed E-state index contributed by atoms with van der Waals surface area (Å²) in [4.78, 5) is 0. The number of rotatable bonds is 5. The van der Waals surface area contributed by atoms with Crippen LogP contribution in [0.5, 0.6) is 0 Å². The number of halogens is 3. The predicted molar refractivity (Wildman–Crippen MR) is 66.7 cm³/mol. The second kappa shape index (κ2) is 5.92. The van der Waals surface area contributed by atoms with Crippen LogP contribution in [0.25, 0.3) is 0 Å². The van der Waals surface area contributed by atoms with Crippen molar-refractivity contribution in [2.75, 3.05) is 6.61 Å². The summed E-state index contributed by atoms with van der Waals surface area (Å²) in [6.07, 6.45) is -2.27. The minimum atomic E-state index is -4.29. The van der Waals surface area contributed by atoms with Crippen LogP contribution in [0.1, 0.15) is 30.9 Å². The summed E-state index contributed by atoms with van der Waals surface area (Å²) in [7, 11) is 0. The summed E-state index contributed by atoms with van der Waals surface area (Å²) >= 11 is 0. The van der Waals surface area contributed by atoms with Gasteiger partial charge in [0, 0.05) is 19.2 Å². The Balaban J connectivity index is 1.87. The van der Waals surface area contributed by atoms with Crippen molar-refractivity contribution in [3.05, 3.63) is 35.4 Å². The van der Waals surface area contributed by atoms with Crippen LogP contribution in [0.15, 0.2) is 24.3 Å². The summed E-state index contributed by atoms with van der Waals surface area (Å²) < 4.78 is 43.8. The molecule has 1 N–H and O–H groups in total. The molecule has 0 bridgehead atoms. The molecule has 0 aromatic heterocycles. The van der Waals surface area contributed by atoms with Gasteiger partial charge in [0.15, 0.2) is 0 Å². The molecule has 1 aliphatic rings. The molecule has 1 aromatic carbocycles. The van der Waals surface area contributed by atoms with Gasteiger partial charge in [-0.05, 0) is 31.4 Å². The molecule has 1 saturated carbocycles. The molecule has 1 aromatic rings. The average Bonchev–Trinajstić information content (AvgIpc) is 2.31. The van der Waals surface area contributed by atoms with Crippen LogP contribution in [-0.4, -0.2) is 18.8 Å². The highest BCUT2D eigenvalue weighted by molar-refractivity contribution is 5.29. The Bertz CT molecular complexity index is 413. The number of ether oxygens (including phenoxy) is 1. The van der Waals surface area contributed by atoms with Gasteiger partial charge in [0.25, 0.3) is 0 Å². The van der Waals surface area contributed by atoms with E-state index in [2.05, 4.69) is 5.32 Å². The van der Waals surface area contributed by atoms with Gasteiger partial charge in [0.05, 0.1) is 11.7 Å². The number of hydrogen-bond acceptors (Lipinski definition) is 2. The lowest BCUT2D eigenvalue weighted by Gasteiger charge is -2.35. The fourth-order valence-electron chi connectivity index (χ4n) is 2.31. The summed E-state index contributed by atoms with van der Waals surface area (Å²) in [5.74, 6) is 0. The lowest BCUT2D eigenvalue weighted by atomic mass is 9.89. The first-order chi connectivity index (χ1) is 9.00. The monoisotopic (exact) mass is 273 g/mol. The van der Waals surface area contributed by atoms with Gasteiger partial charge >= 0.3 is 6.18 Å². The van der Waals surface area contributed by atoms with Gasteiger partial charge in [0.1, 0.15) is 0 Å². The summed E-state index contributed by atoms with van der Waals surface area (Å²) in [6.45, 7) is 2.88. The van der Waals surface area contributed by atoms with Crippen molar-refractivity contribution in [3.8, 4) is 0 Å². The molecule has 19 heavy (non-hydrogen) atoms. The van der Waals surface area contributed by atoms with Gasteiger partial charge in [-0.15, -0.1) is 0 Å². The van der Waals surface area contributed by atoms with Crippen molar-refractivity contribution in [1.82, 2.24) is 5.32 Å². The van der Waals surface area contributed by atoms with Gasteiger partial charge in [0.2, 0.25) is 0 Å². The molecule has 0 saturated heterocycles. The maximum atomic E-state index is 12.8. The molecule has 0 radical (unpaired) electrons. The predicted octanol–water partition coefficient (Wildman–Crippen LogP) is 3.36. The maximum Gasteiger partial charge on any atom is 0.416 e. The van der Waals surface area contributed by atoms with E-state index in [-0.39, 0.29) is 18.7 Å². The van der Waals surface area contributed by atoms with Crippen LogP contribution in [0.2, 0.25) is 0 Å². The van der Waals surface area contributed by atoms with Crippen molar-refractivity contribution < 1.29 is 17.9 Å². The zero-order valence-corrected chi connectivity index (χ0v) is 10.8. The smallest absolute Gasteiger partial charge is 0.378 e. The molecule has 106 valence electrons. The molecule has 1 aliphatic carbocycles. The van der Waals surface area contributed by atoms with Crippen LogP contribution in [-0.2, 0) is 17.5 Å². The first kappa shape index (κ1) is 14.3. The maximum absolute atomic E-state index is 12.8. The average molecular weight is 273 g/mol. The molecule has 2 rings (SSSR count). The Morgan fingerprint density at radius 2 is 1.95 bits per heavy atom. The van der Waals surface area contributed by atoms with Crippen molar-refractivity contribution >= 4 is 0 Å². The van der Waals surface area contributed by atoms with E-state index in [1.165, 1.54) is 12.1 Å². The first-order valence-corrected chi connectivity index (χ1v) is 6.50. The standard InChI is InChI=1S/C14H18F3NO/c1-2-19-12-7-11(8-12)18-9-10-5-3-4-6-13(10)14(15,16)17/h3-6,11-12,18H,2,7-9H2,1H3. The molecule has 2 nitrogen and oxygen atoms in total. The lowest BCUT2D eigenvalue weighted by molar-refractivity contribution is -0.138. The zero-order chi connectivity index (χ0) is 13.9. The SMILES string of the molecule is CCOC1CC(NCc2ccccc2C(F)(F)F)C1. The van der Waals surface area contributed by atoms with Crippen LogP contribution in [0, 0.1) is 0 Å². The highest BCUT2D eigenvalue weighted by atomic mass is 19.4. The third-order valence-electron chi connectivity index (χ3n) is 3.40. The third kappa shape index (κ3) is 3.70. The van der Waals surface area contributed by atoms with Gasteiger partial charge in [-0.3, -0.25) is 0 Å². The van der Waals surface area contributed by atoms with Crippen LogP contribution < -0.4 is 5.32 Å². The third-order valence-corrected chi connectivity index (χ3v) is 3.40. The van der Waals surface area contributed by atoms with Gasteiger partial charge in [-0.2, -0.15) is 13.2 Å². The molecule has 1 fully saturated rings. The molecule has 0 spiro atoms. The molecule has 0 aliphatic heterocycles. The Morgan fingerprint density at radius 1 is 1.26 bits per heavy atom. The van der Waals surface area contributed by atoms with E-state index in [0.717, 1.165) is 18.9 Å². The fraction of sp³-hybridized carbons (Fsp3) is 0.571. The second-order valence-electron chi connectivity index (χ2n) is 4.78. The Labute approximate surface area is 111 Å². The van der Waals surface area contributed by atoms with Crippen LogP contribution >= 0.6 is 0 Å². The number of hydrogen-bond donors (Lipinski definition) is 1. The number of nitrogens with one attached hydrogen (secondary N) is 1. The molecule has 5 heteroatoms. The van der Waals surface area contributed by atoms with Crippen molar-refractivity contribution in [1.29, 1.82) is 0 Å². The summed E-state index contributed by atoms with van der Waals surface area (Å²) in [6, 6.07) is 5.96. The fourth-order valence-corrected chi connectivity index (χ4v) is 2.31. The largest absolute Gasteiger partial charge is 0.416 e. The van der Waals surface area contributed by atoms with E-state index in [1.807, 2.05) is 6.92 Å². The number of alkyl halides is 3. The number of benzene rings is 1. The van der Waals surface area contributed by atoms with Crippen molar-refractivity contribution in [3.63, 3.8) is 0 Å². The Hall–Kier alpha value is -1.07. The van der Waals surface area contributed by atoms with E-state index < -0.39 is 11.7 Å². The lowest BCUT2D eigenvalue weighted by Crippen LogP contribution is -2.45. The van der Waals surface area contributed by atoms with E-state index in [1.54, 1.807) is 6.07 Å². The van der Waals surface area contributed by atoms with Crippen LogP contribution in [0.4, 0.5) is 13.2 Å². The highest BCUT2D eigenvalue weighted by Gasteiger charge is 2.34. The molecule has 0 heterocycles. The van der Waals surface area contributed by atoms with Crippen molar-refractivity contribution in [2.45, 2.75) is 44.6 Å². The van der Waals surface area contributed by atoms with Gasteiger partial charge in [-0.25, -0.2) is 0 Å². The first-order valence-electron chi connectivity index (χ1n) is 6.50. The van der Waals surface area contributed by atoms with E-state index in [4.69, 9.17) is 4.74 Å². The quantitative estimate of drug-likeness (QED) is 0.888. The second-order valence-corrected chi connectivity index (χ2v) is 4.78. The molecular formula is C14H18F3NO. The normalized spacial score (nSPS) is 23.2. The van der Waals surface area contributed by atoms with E-state index in [9.17, 15) is 13.2 Å². The summed E-state index contributed by atoms with van der Waals surface area (Å²) in [5, 5.41) is 3.16. The molecular weight excluding hydrogens is 255 g/mol. The van der Waals surface area contributed by atoms with E-state index >= 15 is 0 Å².